The zero-order valence-corrected chi connectivity index (χ0v) is 23.0. The van der Waals surface area contributed by atoms with Crippen LogP contribution in [-0.4, -0.2) is 21.1 Å². The number of para-hydroxylation sites is 2. The van der Waals surface area contributed by atoms with Crippen molar-refractivity contribution in [1.29, 1.82) is 0 Å². The van der Waals surface area contributed by atoms with Crippen LogP contribution in [0.2, 0.25) is 0 Å². The number of imidazole rings is 1. The summed E-state index contributed by atoms with van der Waals surface area (Å²) in [7, 11) is 0. The summed E-state index contributed by atoms with van der Waals surface area (Å²) >= 11 is 1.10. The van der Waals surface area contributed by atoms with E-state index < -0.39 is 0 Å². The molecule has 0 aliphatic heterocycles. The maximum atomic E-state index is 2.46. The summed E-state index contributed by atoms with van der Waals surface area (Å²) in [6.45, 7) is 18.4. The third-order valence-electron chi connectivity index (χ3n) is 6.09. The molecule has 0 fully saturated rings. The van der Waals surface area contributed by atoms with Crippen molar-refractivity contribution in [1.82, 2.24) is 4.57 Å². The predicted octanol–water partition coefficient (Wildman–Crippen LogP) is 5.51. The Balaban J connectivity index is 2.32. The molecule has 2 nitrogen and oxygen atoms in total. The van der Waals surface area contributed by atoms with Crippen molar-refractivity contribution in [2.75, 3.05) is 0 Å². The Morgan fingerprint density at radius 2 is 1.07 bits per heavy atom. The van der Waals surface area contributed by atoms with Crippen LogP contribution in [0.1, 0.15) is 101 Å². The van der Waals surface area contributed by atoms with Crippen LogP contribution in [0.5, 0.6) is 0 Å². The summed E-state index contributed by atoms with van der Waals surface area (Å²) in [6, 6.07) is 13.7. The maximum absolute atomic E-state index is 2.46. The molecule has 2 aromatic carbocycles. The SMILES string of the molecule is CC(C)c1cccc(C(C)C)c1-n1cc[n+](-c2c(C(C)C)cccc2C(C)C)[c]1[GeH2]. The molecule has 3 aromatic rings. The van der Waals surface area contributed by atoms with Gasteiger partial charge in [0, 0.05) is 0 Å². The second-order valence-electron chi connectivity index (χ2n) is 9.64. The molecule has 1 heterocycles. The summed E-state index contributed by atoms with van der Waals surface area (Å²) in [5, 5.41) is 0. The molecule has 0 spiro atoms. The van der Waals surface area contributed by atoms with Gasteiger partial charge >= 0.3 is 192 Å². The van der Waals surface area contributed by atoms with E-state index in [1.807, 2.05) is 0 Å². The molecule has 1 aromatic heterocycles. The van der Waals surface area contributed by atoms with Crippen molar-refractivity contribution in [2.45, 2.75) is 79.1 Å². The summed E-state index contributed by atoms with van der Waals surface area (Å²) in [5.41, 5.74) is 8.49. The van der Waals surface area contributed by atoms with Gasteiger partial charge in [-0.05, 0) is 0 Å². The fourth-order valence-electron chi connectivity index (χ4n) is 4.41. The molecule has 30 heavy (non-hydrogen) atoms. The molecule has 0 amide bonds. The molecular weight excluding hydrogens is 425 g/mol. The molecule has 0 bridgehead atoms. The fraction of sp³-hybridized carbons (Fsp3) is 0.444. The van der Waals surface area contributed by atoms with E-state index in [0.29, 0.717) is 23.7 Å². The quantitative estimate of drug-likeness (QED) is 0.337. The molecule has 0 N–H and O–H groups in total. The van der Waals surface area contributed by atoms with Crippen molar-refractivity contribution in [2.24, 2.45) is 0 Å². The van der Waals surface area contributed by atoms with Crippen LogP contribution in [-0.2, 0) is 0 Å². The van der Waals surface area contributed by atoms with E-state index in [-0.39, 0.29) is 0 Å². The van der Waals surface area contributed by atoms with E-state index in [2.05, 4.69) is 113 Å². The fourth-order valence-corrected chi connectivity index (χ4v) is 5.51. The molecule has 3 rings (SSSR count). The number of nitrogens with zero attached hydrogens (tertiary/aromatic N) is 2. The number of hydrogen-bond donors (Lipinski definition) is 0. The Morgan fingerprint density at radius 1 is 0.667 bits per heavy atom. The zero-order valence-electron chi connectivity index (χ0n) is 20.0. The van der Waals surface area contributed by atoms with Gasteiger partial charge in [0.25, 0.3) is 0 Å². The molecule has 0 unspecified atom stereocenters. The van der Waals surface area contributed by atoms with Gasteiger partial charge in [0.1, 0.15) is 0 Å². The van der Waals surface area contributed by atoms with Gasteiger partial charge in [-0.15, -0.1) is 0 Å². The van der Waals surface area contributed by atoms with Gasteiger partial charge in [-0.25, -0.2) is 0 Å². The first-order valence-corrected chi connectivity index (χ1v) is 12.8. The Morgan fingerprint density at radius 3 is 1.47 bits per heavy atom. The van der Waals surface area contributed by atoms with Crippen molar-refractivity contribution >= 4 is 21.2 Å². The van der Waals surface area contributed by atoms with Crippen LogP contribution in [0.15, 0.2) is 48.8 Å². The van der Waals surface area contributed by atoms with Gasteiger partial charge in [-0.2, -0.15) is 0 Å². The van der Waals surface area contributed by atoms with Crippen LogP contribution < -0.4 is 9.22 Å². The topological polar surface area (TPSA) is 8.81 Å². The molecule has 0 saturated heterocycles. The number of benzene rings is 2. The van der Waals surface area contributed by atoms with Crippen LogP contribution in [0.25, 0.3) is 11.4 Å². The van der Waals surface area contributed by atoms with Crippen LogP contribution in [0.3, 0.4) is 0 Å². The Labute approximate surface area is 191 Å². The van der Waals surface area contributed by atoms with E-state index in [9.17, 15) is 0 Å². The zero-order chi connectivity index (χ0) is 22.2. The van der Waals surface area contributed by atoms with Gasteiger partial charge in [0.15, 0.2) is 0 Å². The molecule has 1 radical (unpaired) electrons. The Hall–Kier alpha value is -1.81. The third kappa shape index (κ3) is 4.16. The summed E-state index contributed by atoms with van der Waals surface area (Å²) in [4.78, 5) is 0. The Bertz CT molecular complexity index is 892. The van der Waals surface area contributed by atoms with E-state index in [4.69, 9.17) is 0 Å². The normalized spacial score (nSPS) is 12.0. The minimum atomic E-state index is 0.489. The molecule has 0 saturated carbocycles. The van der Waals surface area contributed by atoms with Gasteiger partial charge in [-0.1, -0.05) is 0 Å². The monoisotopic (exact) mass is 464 g/mol. The van der Waals surface area contributed by atoms with Gasteiger partial charge in [0.2, 0.25) is 0 Å². The number of aromatic nitrogens is 2. The molecular formula is C27H38GeN2+. The van der Waals surface area contributed by atoms with E-state index in [1.165, 1.54) is 38.3 Å². The first kappa shape index (κ1) is 22.9. The predicted molar refractivity (Wildman–Crippen MR) is 132 cm³/mol. The summed E-state index contributed by atoms with van der Waals surface area (Å²) < 4.78 is 6.30. The Kier molecular flexibility index (Phi) is 6.96. The minimum absolute atomic E-state index is 0.489. The first-order chi connectivity index (χ1) is 14.1. The van der Waals surface area contributed by atoms with E-state index >= 15 is 0 Å². The first-order valence-electron chi connectivity index (χ1n) is 11.4. The van der Waals surface area contributed by atoms with Crippen molar-refractivity contribution in [3.05, 3.63) is 71.0 Å². The van der Waals surface area contributed by atoms with Crippen LogP contribution >= 0.6 is 0 Å². The summed E-state index contributed by atoms with van der Waals surface area (Å²) in [6.07, 6.45) is 4.57. The molecule has 0 atom stereocenters. The van der Waals surface area contributed by atoms with Gasteiger partial charge in [-0.3, -0.25) is 0 Å². The molecule has 0 aliphatic rings. The second kappa shape index (κ2) is 9.13. The average Bonchev–Trinajstić information content (AvgIpc) is 3.07. The standard InChI is InChI=1S/C27H38GeN2/c1-17(2)21-11-9-12-22(18(3)4)25(21)29-15-16-30(27(29)28)26-23(19(5)6)13-10-14-24(26)20(7)8/h9-20H,28H2,1-8H3/q+1. The van der Waals surface area contributed by atoms with E-state index in [1.54, 1.807) is 0 Å². The summed E-state index contributed by atoms with van der Waals surface area (Å²) in [5.74, 6) is 1.96. The second-order valence-corrected chi connectivity index (χ2v) is 11.0. The van der Waals surface area contributed by atoms with Gasteiger partial charge < -0.3 is 0 Å². The molecule has 0 aliphatic carbocycles. The van der Waals surface area contributed by atoms with Crippen molar-refractivity contribution in [3.63, 3.8) is 0 Å². The van der Waals surface area contributed by atoms with Crippen molar-refractivity contribution < 1.29 is 4.57 Å². The number of rotatable bonds is 6. The molecule has 3 heteroatoms. The molecule has 159 valence electrons. The van der Waals surface area contributed by atoms with Crippen molar-refractivity contribution in [3.8, 4) is 11.4 Å². The third-order valence-corrected chi connectivity index (χ3v) is 7.52. The average molecular weight is 463 g/mol. The van der Waals surface area contributed by atoms with Crippen LogP contribution in [0.4, 0.5) is 0 Å². The van der Waals surface area contributed by atoms with E-state index in [0.717, 1.165) is 16.5 Å². The number of hydrogen-bond acceptors (Lipinski definition) is 0. The van der Waals surface area contributed by atoms with Crippen LogP contribution in [0, 0.1) is 0 Å². The van der Waals surface area contributed by atoms with Gasteiger partial charge in [0.05, 0.1) is 0 Å².